The predicted octanol–water partition coefficient (Wildman–Crippen LogP) is 3.44. The molecule has 0 aromatic heterocycles. The van der Waals surface area contributed by atoms with Crippen molar-refractivity contribution in [1.29, 1.82) is 0 Å². The molecule has 0 nitrogen and oxygen atoms in total. The minimum absolute atomic E-state index is 1.20. The van der Waals surface area contributed by atoms with Gasteiger partial charge in [-0.05, 0) is 68.0 Å². The fraction of sp³-hybridized carbons (Fsp3) is 0.333. The summed E-state index contributed by atoms with van der Waals surface area (Å²) in [4.78, 5) is 0. The van der Waals surface area contributed by atoms with Crippen LogP contribution in [0.15, 0.2) is 6.07 Å². The van der Waals surface area contributed by atoms with Gasteiger partial charge in [-0.3, -0.25) is 0 Å². The quantitative estimate of drug-likeness (QED) is 0.571. The molecular formula is C3H3BrI2. The third-order valence-electron chi connectivity index (χ3n) is 0.260. The third kappa shape index (κ3) is 3.86. The Morgan fingerprint density at radius 2 is 1.67 bits per heavy atom. The third-order valence-corrected chi connectivity index (χ3v) is 3.98. The predicted molar refractivity (Wildman–Crippen MR) is 49.7 cm³/mol. The lowest BCUT2D eigenvalue weighted by Gasteiger charge is -1.80. The second kappa shape index (κ2) is 3.65. The van der Waals surface area contributed by atoms with Crippen LogP contribution < -0.4 is 0 Å². The summed E-state index contributed by atoms with van der Waals surface area (Å²) in [5, 5.41) is 0. The minimum atomic E-state index is 1.20. The Bertz CT molecular complexity index is 58.9. The summed E-state index contributed by atoms with van der Waals surface area (Å²) < 4.78 is 2.49. The standard InChI is InChI=1S/C3H3BrI2/c1-2(5)3(4)6/h1H3/b3-2-. The Hall–Kier alpha value is 1.68. The average molecular weight is 373 g/mol. The van der Waals surface area contributed by atoms with E-state index in [1.54, 1.807) is 0 Å². The molecule has 0 N–H and O–H groups in total. The molecular weight excluding hydrogens is 370 g/mol. The molecule has 0 aromatic carbocycles. The van der Waals surface area contributed by atoms with Crippen LogP contribution in [0.3, 0.4) is 0 Å². The highest BCUT2D eigenvalue weighted by atomic mass is 127. The van der Waals surface area contributed by atoms with E-state index < -0.39 is 0 Å². The summed E-state index contributed by atoms with van der Waals surface area (Å²) >= 11 is 7.78. The van der Waals surface area contributed by atoms with Crippen LogP contribution in [0.25, 0.3) is 0 Å². The van der Waals surface area contributed by atoms with Crippen molar-refractivity contribution < 1.29 is 0 Å². The normalized spacial score (nSPS) is 14.0. The van der Waals surface area contributed by atoms with Crippen LogP contribution >= 0.6 is 61.1 Å². The zero-order valence-corrected chi connectivity index (χ0v) is 9.03. The van der Waals surface area contributed by atoms with Crippen LogP contribution in [-0.2, 0) is 0 Å². The van der Waals surface area contributed by atoms with E-state index in [9.17, 15) is 0 Å². The average Bonchev–Trinajstić information content (AvgIpc) is 1.36. The first-order valence-electron chi connectivity index (χ1n) is 1.32. The molecule has 0 heterocycles. The van der Waals surface area contributed by atoms with Crippen LogP contribution in [0.1, 0.15) is 6.92 Å². The van der Waals surface area contributed by atoms with Gasteiger partial charge in [-0.25, -0.2) is 0 Å². The monoisotopic (exact) mass is 372 g/mol. The first-order chi connectivity index (χ1) is 2.64. The van der Waals surface area contributed by atoms with Gasteiger partial charge in [0, 0.05) is 3.58 Å². The lowest BCUT2D eigenvalue weighted by atomic mass is 10.8. The van der Waals surface area contributed by atoms with Crippen molar-refractivity contribution in [2.45, 2.75) is 6.92 Å². The molecule has 0 aliphatic rings. The van der Waals surface area contributed by atoms with Gasteiger partial charge in [-0.1, -0.05) is 0 Å². The number of hydrogen-bond donors (Lipinski definition) is 0. The summed E-state index contributed by atoms with van der Waals surface area (Å²) in [6, 6.07) is 0. The summed E-state index contributed by atoms with van der Waals surface area (Å²) in [6.45, 7) is 2.05. The number of rotatable bonds is 0. The van der Waals surface area contributed by atoms with Gasteiger partial charge in [0.25, 0.3) is 0 Å². The Kier molecular flexibility index (Phi) is 4.68. The van der Waals surface area contributed by atoms with Gasteiger partial charge in [0.15, 0.2) is 0 Å². The van der Waals surface area contributed by atoms with Gasteiger partial charge < -0.3 is 0 Å². The second-order valence-electron chi connectivity index (χ2n) is 0.794. The molecule has 36 valence electrons. The minimum Gasteiger partial charge on any atom is -0.0477 e. The van der Waals surface area contributed by atoms with Crippen molar-refractivity contribution in [3.63, 3.8) is 0 Å². The smallest absolute Gasteiger partial charge is 0.0477 e. The van der Waals surface area contributed by atoms with E-state index in [-0.39, 0.29) is 0 Å². The molecule has 0 radical (unpaired) electrons. The van der Waals surface area contributed by atoms with Crippen molar-refractivity contribution in [2.24, 2.45) is 0 Å². The van der Waals surface area contributed by atoms with E-state index in [1.165, 1.54) is 6.07 Å². The van der Waals surface area contributed by atoms with Gasteiger partial charge in [0.05, 0.1) is 2.49 Å². The maximum absolute atomic E-state index is 3.30. The molecule has 0 saturated heterocycles. The fourth-order valence-electron chi connectivity index (χ4n) is 0. The molecule has 0 aromatic rings. The van der Waals surface area contributed by atoms with Gasteiger partial charge in [0.1, 0.15) is 0 Å². The summed E-state index contributed by atoms with van der Waals surface area (Å²) in [5.74, 6) is 0. The first-order valence-corrected chi connectivity index (χ1v) is 4.27. The second-order valence-corrected chi connectivity index (χ2v) is 5.77. The molecule has 0 unspecified atom stereocenters. The van der Waals surface area contributed by atoms with E-state index in [0.717, 1.165) is 0 Å². The lowest BCUT2D eigenvalue weighted by molar-refractivity contribution is 1.76. The molecule has 0 aliphatic heterocycles. The molecule has 3 heteroatoms. The summed E-state index contributed by atoms with van der Waals surface area (Å²) in [7, 11) is 0. The van der Waals surface area contributed by atoms with Gasteiger partial charge in [-0.2, -0.15) is 0 Å². The number of allylic oxidation sites excluding steroid dienone is 1. The number of hydrogen-bond acceptors (Lipinski definition) is 0. The molecule has 0 bridgehead atoms. The molecule has 0 saturated carbocycles. The zero-order chi connectivity index (χ0) is 5.15. The largest absolute Gasteiger partial charge is 0.0648 e. The van der Waals surface area contributed by atoms with Crippen molar-refractivity contribution in [1.82, 2.24) is 0 Å². The van der Waals surface area contributed by atoms with E-state index in [2.05, 4.69) is 68.0 Å². The number of halogens is 3. The van der Waals surface area contributed by atoms with E-state index in [1.807, 2.05) is 0 Å². The first kappa shape index (κ1) is 7.68. The van der Waals surface area contributed by atoms with Gasteiger partial charge >= 0.3 is 0 Å². The highest BCUT2D eigenvalue weighted by Gasteiger charge is 1.82. The maximum atomic E-state index is 3.30. The van der Waals surface area contributed by atoms with Crippen molar-refractivity contribution in [3.05, 3.63) is 6.07 Å². The van der Waals surface area contributed by atoms with E-state index in [4.69, 9.17) is 0 Å². The van der Waals surface area contributed by atoms with Crippen LogP contribution in [0.5, 0.6) is 0 Å². The van der Waals surface area contributed by atoms with E-state index >= 15 is 0 Å². The highest BCUT2D eigenvalue weighted by Crippen LogP contribution is 2.23. The Morgan fingerprint density at radius 1 is 1.50 bits per heavy atom. The van der Waals surface area contributed by atoms with Crippen LogP contribution in [0.4, 0.5) is 0 Å². The van der Waals surface area contributed by atoms with E-state index in [0.29, 0.717) is 0 Å². The molecule has 0 atom stereocenters. The van der Waals surface area contributed by atoms with Crippen molar-refractivity contribution in [2.75, 3.05) is 0 Å². The Morgan fingerprint density at radius 3 is 1.67 bits per heavy atom. The molecule has 0 fully saturated rings. The molecule has 6 heavy (non-hydrogen) atoms. The maximum Gasteiger partial charge on any atom is 0.0648 e. The fourth-order valence-corrected chi connectivity index (χ4v) is 0. The summed E-state index contributed by atoms with van der Waals surface area (Å²) in [5.41, 5.74) is 0. The van der Waals surface area contributed by atoms with Crippen LogP contribution in [0, 0.1) is 0 Å². The molecule has 0 spiro atoms. The molecule has 0 aliphatic carbocycles. The topological polar surface area (TPSA) is 0 Å². The summed E-state index contributed by atoms with van der Waals surface area (Å²) in [6.07, 6.45) is 0. The molecule has 0 amide bonds. The Balaban J connectivity index is 3.68. The highest BCUT2D eigenvalue weighted by molar-refractivity contribution is 14.1. The van der Waals surface area contributed by atoms with Crippen LogP contribution in [-0.4, -0.2) is 0 Å². The SMILES string of the molecule is C/C(I)=C(\Br)I. The van der Waals surface area contributed by atoms with Crippen molar-refractivity contribution in [3.8, 4) is 0 Å². The molecule has 0 rings (SSSR count). The Labute approximate surface area is 73.2 Å². The van der Waals surface area contributed by atoms with Crippen molar-refractivity contribution >= 4 is 61.1 Å². The zero-order valence-electron chi connectivity index (χ0n) is 3.13. The lowest BCUT2D eigenvalue weighted by Crippen LogP contribution is -1.50. The van der Waals surface area contributed by atoms with Gasteiger partial charge in [-0.15, -0.1) is 0 Å². The van der Waals surface area contributed by atoms with Gasteiger partial charge in [0.2, 0.25) is 0 Å². The van der Waals surface area contributed by atoms with Crippen LogP contribution in [0.2, 0.25) is 0 Å².